The molecule has 154 valence electrons. The molecule has 3 fully saturated rings. The lowest BCUT2D eigenvalue weighted by molar-refractivity contribution is -0.159. The molecule has 0 saturated heterocycles. The monoisotopic (exact) mass is 378 g/mol. The quantitative estimate of drug-likeness (QED) is 0.610. The fourth-order valence-electron chi connectivity index (χ4n) is 5.51. The van der Waals surface area contributed by atoms with Gasteiger partial charge in [0.25, 0.3) is 0 Å². The molecule has 0 radical (unpaired) electrons. The fourth-order valence-corrected chi connectivity index (χ4v) is 5.51. The van der Waals surface area contributed by atoms with Gasteiger partial charge in [0.05, 0.1) is 18.9 Å². The molecule has 3 aliphatic carbocycles. The van der Waals surface area contributed by atoms with E-state index in [1.165, 1.54) is 52.1 Å². The largest absolute Gasteiger partial charge is 0.469 e. The lowest BCUT2D eigenvalue weighted by atomic mass is 9.75. The number of carbonyl (C=O) groups excluding carboxylic acids is 2. The molecule has 4 heteroatoms. The number of esters is 2. The van der Waals surface area contributed by atoms with E-state index < -0.39 is 0 Å². The Morgan fingerprint density at radius 3 is 1.70 bits per heavy atom. The van der Waals surface area contributed by atoms with Crippen molar-refractivity contribution < 1.29 is 19.1 Å². The molecule has 0 unspecified atom stereocenters. The minimum absolute atomic E-state index is 0.0205. The highest BCUT2D eigenvalue weighted by atomic mass is 16.5. The van der Waals surface area contributed by atoms with Gasteiger partial charge in [-0.05, 0) is 75.5 Å². The van der Waals surface area contributed by atoms with Gasteiger partial charge in [-0.15, -0.1) is 0 Å². The van der Waals surface area contributed by atoms with Gasteiger partial charge < -0.3 is 9.47 Å². The van der Waals surface area contributed by atoms with Crippen molar-refractivity contribution in [2.45, 2.75) is 96.5 Å². The van der Waals surface area contributed by atoms with Crippen LogP contribution in [0.25, 0.3) is 0 Å². The first-order valence-corrected chi connectivity index (χ1v) is 11.3. The van der Waals surface area contributed by atoms with Crippen LogP contribution in [0, 0.1) is 29.6 Å². The second-order valence-corrected chi connectivity index (χ2v) is 9.51. The highest BCUT2D eigenvalue weighted by Gasteiger charge is 2.33. The molecular formula is C23H38O4. The summed E-state index contributed by atoms with van der Waals surface area (Å²) in [6.45, 7) is 2.39. The van der Waals surface area contributed by atoms with Crippen molar-refractivity contribution in [1.29, 1.82) is 0 Å². The summed E-state index contributed by atoms with van der Waals surface area (Å²) in [7, 11) is 1.44. The van der Waals surface area contributed by atoms with Crippen LogP contribution in [0.5, 0.6) is 0 Å². The van der Waals surface area contributed by atoms with E-state index in [0.717, 1.165) is 56.3 Å². The third-order valence-electron chi connectivity index (χ3n) is 7.47. The third kappa shape index (κ3) is 5.96. The minimum Gasteiger partial charge on any atom is -0.469 e. The van der Waals surface area contributed by atoms with Gasteiger partial charge in [0, 0.05) is 0 Å². The molecule has 0 heterocycles. The predicted octanol–water partition coefficient (Wildman–Crippen LogP) is 5.28. The van der Waals surface area contributed by atoms with Crippen molar-refractivity contribution in [2.24, 2.45) is 29.6 Å². The topological polar surface area (TPSA) is 52.6 Å². The van der Waals surface area contributed by atoms with E-state index in [1.807, 2.05) is 0 Å². The van der Waals surface area contributed by atoms with Crippen molar-refractivity contribution in [3.05, 3.63) is 0 Å². The summed E-state index contributed by atoms with van der Waals surface area (Å²) in [4.78, 5) is 24.1. The van der Waals surface area contributed by atoms with Crippen LogP contribution in [0.1, 0.15) is 90.4 Å². The molecule has 0 aromatic carbocycles. The summed E-state index contributed by atoms with van der Waals surface area (Å²) < 4.78 is 10.7. The smallest absolute Gasteiger partial charge is 0.309 e. The Hall–Kier alpha value is -1.06. The van der Waals surface area contributed by atoms with Crippen LogP contribution in [-0.4, -0.2) is 25.2 Å². The maximum Gasteiger partial charge on any atom is 0.309 e. The van der Waals surface area contributed by atoms with Gasteiger partial charge in [-0.1, -0.05) is 32.6 Å². The summed E-state index contributed by atoms with van der Waals surface area (Å²) in [5.41, 5.74) is 0. The number of methoxy groups -OCH3 is 1. The zero-order valence-corrected chi connectivity index (χ0v) is 17.3. The normalized spacial score (nSPS) is 37.4. The number of rotatable bonds is 5. The summed E-state index contributed by atoms with van der Waals surface area (Å²) in [5.74, 6) is 2.50. The predicted molar refractivity (Wildman–Crippen MR) is 105 cm³/mol. The second-order valence-electron chi connectivity index (χ2n) is 9.51. The van der Waals surface area contributed by atoms with Crippen LogP contribution < -0.4 is 0 Å². The lowest BCUT2D eigenvalue weighted by Gasteiger charge is -2.34. The van der Waals surface area contributed by atoms with Crippen molar-refractivity contribution >= 4 is 11.9 Å². The average Bonchev–Trinajstić information content (AvgIpc) is 2.70. The van der Waals surface area contributed by atoms with Crippen LogP contribution in [-0.2, 0) is 19.1 Å². The SMILES string of the molecule is COC(=O)C1CCC(C(=O)OC2CCC(CC3CCC(C)CC3)CC2)CC1. The van der Waals surface area contributed by atoms with Gasteiger partial charge in [0.15, 0.2) is 0 Å². The molecular weight excluding hydrogens is 340 g/mol. The van der Waals surface area contributed by atoms with Gasteiger partial charge in [-0.25, -0.2) is 0 Å². The van der Waals surface area contributed by atoms with Crippen LogP contribution in [0.4, 0.5) is 0 Å². The zero-order valence-electron chi connectivity index (χ0n) is 17.3. The lowest BCUT2D eigenvalue weighted by Crippen LogP contribution is -2.32. The van der Waals surface area contributed by atoms with Gasteiger partial charge in [-0.3, -0.25) is 9.59 Å². The number of hydrogen-bond acceptors (Lipinski definition) is 4. The molecule has 3 aliphatic rings. The summed E-state index contributed by atoms with van der Waals surface area (Å²) in [6, 6.07) is 0. The molecule has 0 N–H and O–H groups in total. The van der Waals surface area contributed by atoms with E-state index >= 15 is 0 Å². The molecule has 0 atom stereocenters. The number of hydrogen-bond donors (Lipinski definition) is 0. The van der Waals surface area contributed by atoms with E-state index in [1.54, 1.807) is 0 Å². The summed E-state index contributed by atoms with van der Waals surface area (Å²) in [6.07, 6.45) is 14.7. The molecule has 3 rings (SSSR count). The molecule has 0 aromatic heterocycles. The molecule has 27 heavy (non-hydrogen) atoms. The van der Waals surface area contributed by atoms with Gasteiger partial charge in [0.1, 0.15) is 6.10 Å². The molecule has 0 spiro atoms. The van der Waals surface area contributed by atoms with Gasteiger partial charge >= 0.3 is 11.9 Å². The first-order valence-electron chi connectivity index (χ1n) is 11.3. The molecule has 3 saturated carbocycles. The van der Waals surface area contributed by atoms with Crippen molar-refractivity contribution in [3.63, 3.8) is 0 Å². The maximum absolute atomic E-state index is 12.5. The molecule has 0 bridgehead atoms. The molecule has 4 nitrogen and oxygen atoms in total. The highest BCUT2D eigenvalue weighted by molar-refractivity contribution is 5.75. The minimum atomic E-state index is -0.132. The Labute approximate surface area is 164 Å². The first-order chi connectivity index (χ1) is 13.0. The standard InChI is InChI=1S/C23H38O4/c1-16-3-5-17(6-4-16)15-18-7-13-21(14-8-18)27-23(25)20-11-9-19(10-12-20)22(24)26-2/h16-21H,3-15H2,1-2H3. The summed E-state index contributed by atoms with van der Waals surface area (Å²) >= 11 is 0. The number of carbonyl (C=O) groups is 2. The Bertz CT molecular complexity index is 479. The van der Waals surface area contributed by atoms with Crippen LogP contribution in [0.2, 0.25) is 0 Å². The Morgan fingerprint density at radius 1 is 0.704 bits per heavy atom. The third-order valence-corrected chi connectivity index (χ3v) is 7.47. The van der Waals surface area contributed by atoms with Gasteiger partial charge in [-0.2, -0.15) is 0 Å². The Kier molecular flexibility index (Phi) is 7.60. The second kappa shape index (κ2) is 9.93. The van der Waals surface area contributed by atoms with E-state index in [-0.39, 0.29) is 29.9 Å². The van der Waals surface area contributed by atoms with Crippen LogP contribution in [0.15, 0.2) is 0 Å². The fraction of sp³-hybridized carbons (Fsp3) is 0.913. The number of ether oxygens (including phenoxy) is 2. The van der Waals surface area contributed by atoms with E-state index in [0.29, 0.717) is 0 Å². The van der Waals surface area contributed by atoms with Crippen LogP contribution >= 0.6 is 0 Å². The van der Waals surface area contributed by atoms with E-state index in [9.17, 15) is 9.59 Å². The van der Waals surface area contributed by atoms with Gasteiger partial charge in [0.2, 0.25) is 0 Å². The van der Waals surface area contributed by atoms with Crippen molar-refractivity contribution in [1.82, 2.24) is 0 Å². The van der Waals surface area contributed by atoms with E-state index in [4.69, 9.17) is 9.47 Å². The molecule has 0 amide bonds. The van der Waals surface area contributed by atoms with Crippen LogP contribution in [0.3, 0.4) is 0 Å². The van der Waals surface area contributed by atoms with Crippen molar-refractivity contribution in [2.75, 3.05) is 7.11 Å². The zero-order chi connectivity index (χ0) is 19.2. The Morgan fingerprint density at radius 2 is 1.19 bits per heavy atom. The first kappa shape index (κ1) is 20.7. The molecule has 0 aliphatic heterocycles. The molecule has 0 aromatic rings. The average molecular weight is 379 g/mol. The Balaban J connectivity index is 1.33. The maximum atomic E-state index is 12.5. The highest BCUT2D eigenvalue weighted by Crippen LogP contribution is 2.38. The van der Waals surface area contributed by atoms with Crippen molar-refractivity contribution in [3.8, 4) is 0 Å². The summed E-state index contributed by atoms with van der Waals surface area (Å²) in [5, 5.41) is 0. The van der Waals surface area contributed by atoms with E-state index in [2.05, 4.69) is 6.92 Å².